The van der Waals surface area contributed by atoms with E-state index in [4.69, 9.17) is 9.84 Å². The second-order valence-electron chi connectivity index (χ2n) is 12.6. The number of unbranched alkanes of at least 4 members (excludes halogenated alkanes) is 3. The number of benzene rings is 2. The van der Waals surface area contributed by atoms with E-state index >= 15 is 8.78 Å². The van der Waals surface area contributed by atoms with Crippen LogP contribution in [-0.4, -0.2) is 88.8 Å². The fourth-order valence-electron chi connectivity index (χ4n) is 5.66. The number of alkyl halides is 2. The van der Waals surface area contributed by atoms with Crippen molar-refractivity contribution in [2.75, 3.05) is 13.1 Å². The van der Waals surface area contributed by atoms with E-state index in [-0.39, 0.29) is 30.9 Å². The van der Waals surface area contributed by atoms with Crippen LogP contribution in [0.1, 0.15) is 79.3 Å². The van der Waals surface area contributed by atoms with Crippen molar-refractivity contribution < 1.29 is 71.6 Å². The lowest BCUT2D eigenvalue weighted by Crippen LogP contribution is -2.36. The van der Waals surface area contributed by atoms with Crippen molar-refractivity contribution in [2.24, 2.45) is 0 Å². The Bertz CT molecular complexity index is 1680. The van der Waals surface area contributed by atoms with E-state index in [0.29, 0.717) is 44.2 Å². The Morgan fingerprint density at radius 3 is 2.17 bits per heavy atom. The van der Waals surface area contributed by atoms with Crippen molar-refractivity contribution in [1.29, 1.82) is 0 Å². The molecule has 0 saturated carbocycles. The summed E-state index contributed by atoms with van der Waals surface area (Å²) in [5, 5.41) is 17.5. The van der Waals surface area contributed by atoms with Crippen LogP contribution in [0.5, 0.6) is 0 Å². The van der Waals surface area contributed by atoms with Gasteiger partial charge in [0.05, 0.1) is 12.5 Å². The number of esters is 1. The largest absolute Gasteiger partial charge is 0.481 e. The average Bonchev–Trinajstić information content (AvgIpc) is 3.44. The molecule has 0 bridgehead atoms. The summed E-state index contributed by atoms with van der Waals surface area (Å²) in [7, 11) is -11.3. The van der Waals surface area contributed by atoms with Crippen LogP contribution in [0.3, 0.4) is 0 Å². The van der Waals surface area contributed by atoms with E-state index in [2.05, 4.69) is 5.32 Å². The number of aliphatic hydroxyl groups is 1. The highest BCUT2D eigenvalue weighted by Gasteiger charge is 2.58. The Hall–Kier alpha value is -3.82. The molecule has 1 aliphatic heterocycles. The topological polar surface area (TPSA) is 248 Å². The number of carbonyl (C=O) groups is 4. The number of nitrogens with zero attached hydrogens (tertiary/aromatic N) is 1. The van der Waals surface area contributed by atoms with Crippen molar-refractivity contribution in [3.63, 3.8) is 0 Å². The van der Waals surface area contributed by atoms with Crippen LogP contribution in [0.2, 0.25) is 0 Å². The zero-order valence-electron chi connectivity index (χ0n) is 28.6. The maximum Gasteiger partial charge on any atom is 0.369 e. The molecule has 2 aromatic carbocycles. The standard InChI is InChI=1S/C34H44F2N2O13P2/c35-34(36,26-9-4-3-5-10-26)28(18-16-27-17-19-29(39)38(27)22-7-2-1-6-11-30(40)41)51-31(42)23-24-12-14-25(15-13-24)32(43)37-21-8-20-33(44,52(45,46)47)53(48,49)50/h3-5,9-10,12-16,18,27-28,44H,1-2,6-8,11,17,19-23H2,(H,37,43)(H,40,41)(H2,45,46,47)(H2,48,49,50)/b18-16+/t27-,28+/m0/s1. The van der Waals surface area contributed by atoms with E-state index in [1.807, 2.05) is 0 Å². The third-order valence-electron chi connectivity index (χ3n) is 8.67. The summed E-state index contributed by atoms with van der Waals surface area (Å²) in [4.78, 5) is 87.3. The molecule has 0 spiro atoms. The molecule has 0 radical (unpaired) electrons. The molecule has 292 valence electrons. The fourth-order valence-corrected chi connectivity index (χ4v) is 7.92. The summed E-state index contributed by atoms with van der Waals surface area (Å²) in [5.41, 5.74) is -0.0250. The van der Waals surface area contributed by atoms with E-state index in [0.717, 1.165) is 6.08 Å². The Balaban J connectivity index is 1.63. The molecule has 15 nitrogen and oxygen atoms in total. The van der Waals surface area contributed by atoms with Gasteiger partial charge in [-0.1, -0.05) is 61.4 Å². The summed E-state index contributed by atoms with van der Waals surface area (Å²) >= 11 is 0. The number of carboxylic acid groups (broad SMARTS) is 1. The molecule has 1 aliphatic rings. The normalized spacial score (nSPS) is 16.2. The minimum Gasteiger partial charge on any atom is -0.481 e. The molecule has 2 aromatic rings. The molecule has 7 N–H and O–H groups in total. The molecule has 1 heterocycles. The summed E-state index contributed by atoms with van der Waals surface area (Å²) in [5.74, 6) is -6.37. The highest BCUT2D eigenvalue weighted by Crippen LogP contribution is 2.69. The molecule has 0 unspecified atom stereocenters. The van der Waals surface area contributed by atoms with E-state index in [9.17, 15) is 53.0 Å². The van der Waals surface area contributed by atoms with Gasteiger partial charge in [0.1, 0.15) is 0 Å². The van der Waals surface area contributed by atoms with Crippen LogP contribution in [-0.2, 0) is 40.6 Å². The molecule has 53 heavy (non-hydrogen) atoms. The predicted molar refractivity (Wildman–Crippen MR) is 186 cm³/mol. The van der Waals surface area contributed by atoms with Crippen molar-refractivity contribution in [2.45, 2.75) is 87.4 Å². The lowest BCUT2D eigenvalue weighted by atomic mass is 10.0. The van der Waals surface area contributed by atoms with Gasteiger partial charge in [-0.2, -0.15) is 8.78 Å². The number of amides is 2. The number of likely N-dealkylation sites (tertiary alicyclic amines) is 1. The van der Waals surface area contributed by atoms with Gasteiger partial charge in [-0.15, -0.1) is 0 Å². The van der Waals surface area contributed by atoms with Gasteiger partial charge in [0, 0.05) is 43.5 Å². The second-order valence-corrected chi connectivity index (χ2v) is 16.6. The number of hydrogen-bond acceptors (Lipinski definition) is 8. The Kier molecular flexibility index (Phi) is 15.6. The zero-order chi connectivity index (χ0) is 39.5. The maximum absolute atomic E-state index is 15.8. The van der Waals surface area contributed by atoms with Crippen LogP contribution in [0.4, 0.5) is 8.78 Å². The molecule has 3 rings (SSSR count). The highest BCUT2D eigenvalue weighted by molar-refractivity contribution is 7.72. The molecule has 2 atom stereocenters. The molecule has 1 saturated heterocycles. The molecular weight excluding hydrogens is 744 g/mol. The van der Waals surface area contributed by atoms with Crippen molar-refractivity contribution in [3.8, 4) is 0 Å². The van der Waals surface area contributed by atoms with Crippen molar-refractivity contribution >= 4 is 38.9 Å². The second kappa shape index (κ2) is 19.0. The molecule has 19 heteroatoms. The third kappa shape index (κ3) is 12.4. The quantitative estimate of drug-likeness (QED) is 0.0409. The van der Waals surface area contributed by atoms with Gasteiger partial charge in [-0.05, 0) is 49.5 Å². The number of hydrogen-bond donors (Lipinski definition) is 7. The Morgan fingerprint density at radius 1 is 0.943 bits per heavy atom. The highest BCUT2D eigenvalue weighted by atomic mass is 31.2. The Morgan fingerprint density at radius 2 is 1.57 bits per heavy atom. The third-order valence-corrected chi connectivity index (χ3v) is 12.5. The van der Waals surface area contributed by atoms with Crippen LogP contribution >= 0.6 is 15.2 Å². The molecule has 2 amide bonds. The van der Waals surface area contributed by atoms with Crippen molar-refractivity contribution in [3.05, 3.63) is 83.4 Å². The van der Waals surface area contributed by atoms with Gasteiger partial charge in [0.2, 0.25) is 5.91 Å². The minimum absolute atomic E-state index is 0.0559. The van der Waals surface area contributed by atoms with Crippen LogP contribution in [0, 0.1) is 0 Å². The number of rotatable bonds is 21. The first-order chi connectivity index (χ1) is 24.8. The zero-order valence-corrected chi connectivity index (χ0v) is 30.4. The number of aliphatic carboxylic acids is 1. The number of ether oxygens (including phenoxy) is 1. The first-order valence-corrected chi connectivity index (χ1v) is 20.0. The lowest BCUT2D eigenvalue weighted by molar-refractivity contribution is -0.167. The van der Waals surface area contributed by atoms with Gasteiger partial charge in [-0.3, -0.25) is 28.3 Å². The summed E-state index contributed by atoms with van der Waals surface area (Å²) in [6.45, 7) is 0.0478. The average molecular weight is 789 g/mol. The summed E-state index contributed by atoms with van der Waals surface area (Å²) < 4.78 is 59.9. The van der Waals surface area contributed by atoms with E-state index in [1.165, 1.54) is 54.6 Å². The SMILES string of the molecule is O=C(O)CCCCCCN1C(=O)CC[C@@H]1/C=C/[C@@H](OC(=O)Cc1ccc(C(=O)NCCCC(O)(P(=O)(O)O)P(=O)(O)O)cc1)C(F)(F)c1ccccc1. The van der Waals surface area contributed by atoms with Gasteiger partial charge >= 0.3 is 33.1 Å². The molecular formula is C34H44F2N2O13P2. The van der Waals surface area contributed by atoms with Crippen LogP contribution < -0.4 is 5.32 Å². The molecule has 0 aliphatic carbocycles. The number of nitrogens with one attached hydrogen (secondary N) is 1. The monoisotopic (exact) mass is 788 g/mol. The van der Waals surface area contributed by atoms with Crippen molar-refractivity contribution in [1.82, 2.24) is 10.2 Å². The smallest absolute Gasteiger partial charge is 0.369 e. The number of carbonyl (C=O) groups excluding carboxylic acids is 3. The molecule has 1 fully saturated rings. The van der Waals surface area contributed by atoms with Crippen LogP contribution in [0.25, 0.3) is 0 Å². The number of carboxylic acids is 1. The van der Waals surface area contributed by atoms with Gasteiger partial charge in [0.15, 0.2) is 6.10 Å². The summed E-state index contributed by atoms with van der Waals surface area (Å²) in [6, 6.07) is 11.7. The van der Waals surface area contributed by atoms with Gasteiger partial charge < -0.3 is 44.7 Å². The van der Waals surface area contributed by atoms with E-state index < -0.39 is 81.0 Å². The lowest BCUT2D eigenvalue weighted by Gasteiger charge is -2.29. The van der Waals surface area contributed by atoms with E-state index in [1.54, 1.807) is 11.0 Å². The predicted octanol–water partition coefficient (Wildman–Crippen LogP) is 4.03. The van der Waals surface area contributed by atoms with Gasteiger partial charge in [0.25, 0.3) is 11.0 Å². The van der Waals surface area contributed by atoms with Crippen LogP contribution in [0.15, 0.2) is 66.7 Å². The fraction of sp³-hybridized carbons (Fsp3) is 0.471. The number of halogens is 2. The molecule has 0 aromatic heterocycles. The Labute approximate surface area is 304 Å². The first-order valence-electron chi connectivity index (χ1n) is 16.8. The first kappa shape index (κ1) is 43.6. The minimum atomic E-state index is -5.64. The maximum atomic E-state index is 15.8. The summed E-state index contributed by atoms with van der Waals surface area (Å²) in [6.07, 6.45) is 1.77. The van der Waals surface area contributed by atoms with Gasteiger partial charge in [-0.25, -0.2) is 0 Å².